The van der Waals surface area contributed by atoms with Crippen LogP contribution >= 0.6 is 0 Å². The van der Waals surface area contributed by atoms with E-state index < -0.39 is 12.1 Å². The third-order valence-corrected chi connectivity index (χ3v) is 6.85. The van der Waals surface area contributed by atoms with E-state index in [1.165, 1.54) is 0 Å². The molecule has 202 valence electrons. The molecule has 39 heavy (non-hydrogen) atoms. The second kappa shape index (κ2) is 13.0. The molecular weight excluding hydrogens is 492 g/mol. The third-order valence-electron chi connectivity index (χ3n) is 6.85. The van der Waals surface area contributed by atoms with E-state index in [4.69, 9.17) is 4.74 Å². The number of aliphatic hydroxyl groups excluding tert-OH is 1. The van der Waals surface area contributed by atoms with Crippen molar-refractivity contribution in [3.05, 3.63) is 89.4 Å². The summed E-state index contributed by atoms with van der Waals surface area (Å²) in [7, 11) is 1.74. The lowest BCUT2D eigenvalue weighted by molar-refractivity contribution is -0.130. The first-order valence-corrected chi connectivity index (χ1v) is 13.1. The fourth-order valence-electron chi connectivity index (χ4n) is 4.42. The van der Waals surface area contributed by atoms with Gasteiger partial charge in [-0.3, -0.25) is 14.6 Å². The molecule has 0 bridgehead atoms. The molecule has 0 unspecified atom stereocenters. The first kappa shape index (κ1) is 27.8. The maximum Gasteiger partial charge on any atom is 0.259 e. The average molecular weight is 527 g/mol. The number of pyridine rings is 2. The van der Waals surface area contributed by atoms with Crippen molar-refractivity contribution in [1.29, 1.82) is 0 Å². The van der Waals surface area contributed by atoms with E-state index in [1.54, 1.807) is 47.6 Å². The molecule has 1 aliphatic heterocycles. The Bertz CT molecular complexity index is 1340. The predicted molar refractivity (Wildman–Crippen MR) is 148 cm³/mol. The molecule has 3 aromatic rings. The van der Waals surface area contributed by atoms with E-state index in [-0.39, 0.29) is 36.6 Å². The zero-order valence-electron chi connectivity index (χ0n) is 22.6. The number of amides is 2. The maximum atomic E-state index is 13.6. The van der Waals surface area contributed by atoms with Crippen molar-refractivity contribution in [2.24, 2.45) is 5.92 Å². The van der Waals surface area contributed by atoms with E-state index in [1.807, 2.05) is 50.2 Å². The zero-order valence-corrected chi connectivity index (χ0v) is 22.6. The van der Waals surface area contributed by atoms with E-state index in [0.29, 0.717) is 30.6 Å². The van der Waals surface area contributed by atoms with Crippen LogP contribution in [0.3, 0.4) is 0 Å². The molecule has 8 nitrogen and oxygen atoms in total. The minimum atomic E-state index is -0.421. The summed E-state index contributed by atoms with van der Waals surface area (Å²) in [5.74, 6) is 5.99. The highest BCUT2D eigenvalue weighted by Crippen LogP contribution is 2.27. The second-order valence-electron chi connectivity index (χ2n) is 9.98. The predicted octanol–water partition coefficient (Wildman–Crippen LogP) is 2.99. The normalized spacial score (nSPS) is 17.5. The van der Waals surface area contributed by atoms with Crippen LogP contribution in [0.5, 0.6) is 5.88 Å². The van der Waals surface area contributed by atoms with Crippen LogP contribution in [0.1, 0.15) is 40.9 Å². The van der Waals surface area contributed by atoms with Gasteiger partial charge in [0.1, 0.15) is 11.7 Å². The number of ether oxygens (including phenoxy) is 1. The Morgan fingerprint density at radius 3 is 2.69 bits per heavy atom. The van der Waals surface area contributed by atoms with Crippen LogP contribution in [0.4, 0.5) is 0 Å². The van der Waals surface area contributed by atoms with Gasteiger partial charge >= 0.3 is 0 Å². The van der Waals surface area contributed by atoms with Crippen LogP contribution in [-0.2, 0) is 17.6 Å². The van der Waals surface area contributed by atoms with Crippen molar-refractivity contribution in [3.8, 4) is 17.7 Å². The molecule has 0 saturated carbocycles. The Hall–Kier alpha value is -4.22. The molecule has 0 saturated heterocycles. The smallest absolute Gasteiger partial charge is 0.259 e. The van der Waals surface area contributed by atoms with Gasteiger partial charge in [0.15, 0.2) is 0 Å². The van der Waals surface area contributed by atoms with Gasteiger partial charge in [0.2, 0.25) is 11.8 Å². The Morgan fingerprint density at radius 2 is 1.97 bits per heavy atom. The highest BCUT2D eigenvalue weighted by Gasteiger charge is 2.34. The van der Waals surface area contributed by atoms with E-state index in [9.17, 15) is 14.7 Å². The molecule has 0 aliphatic carbocycles. The lowest BCUT2D eigenvalue weighted by atomic mass is 9.99. The summed E-state index contributed by atoms with van der Waals surface area (Å²) in [4.78, 5) is 38.4. The highest BCUT2D eigenvalue weighted by atomic mass is 16.5. The highest BCUT2D eigenvalue weighted by molar-refractivity contribution is 5.97. The summed E-state index contributed by atoms with van der Waals surface area (Å²) in [5, 5.41) is 9.88. The molecule has 2 amide bonds. The third kappa shape index (κ3) is 7.21. The molecule has 1 aromatic carbocycles. The van der Waals surface area contributed by atoms with Crippen LogP contribution in [0, 0.1) is 17.8 Å². The summed E-state index contributed by atoms with van der Waals surface area (Å²) < 4.78 is 6.31. The van der Waals surface area contributed by atoms with Gasteiger partial charge in [-0.2, -0.15) is 0 Å². The largest absolute Gasteiger partial charge is 0.472 e. The van der Waals surface area contributed by atoms with Crippen LogP contribution in [0.2, 0.25) is 0 Å². The molecule has 2 aromatic heterocycles. The van der Waals surface area contributed by atoms with Crippen LogP contribution < -0.4 is 4.74 Å². The fraction of sp³-hybridized carbons (Fsp3) is 0.355. The summed E-state index contributed by atoms with van der Waals surface area (Å²) in [6, 6.07) is 14.9. The summed E-state index contributed by atoms with van der Waals surface area (Å²) in [6.07, 6.45) is 5.35. The van der Waals surface area contributed by atoms with Gasteiger partial charge in [0, 0.05) is 50.1 Å². The SMILES string of the molecule is C[C@@H]1CN([C@H](C)CO)C(=O)c2cc(C#CCc3ccccc3)cnc2O[C@H]1CN(C)C(=O)Cc1cccnc1. The average Bonchev–Trinajstić information content (AvgIpc) is 2.95. The number of hydrogen-bond acceptors (Lipinski definition) is 6. The summed E-state index contributed by atoms with van der Waals surface area (Å²) in [5.41, 5.74) is 2.84. The standard InChI is InChI=1S/C31H34N4O4/c1-22-19-35(23(2)21-36)31(38)27-15-25(12-7-11-24-9-5-4-6-10-24)18-33-30(27)39-28(22)20-34(3)29(37)16-26-13-8-14-32-17-26/h4-6,8-10,13-15,17-18,22-23,28,36H,11,16,19-21H2,1-3H3/t22-,23-,28+/m1/s1. The van der Waals surface area contributed by atoms with E-state index >= 15 is 0 Å². The molecule has 4 rings (SSSR count). The molecule has 0 spiro atoms. The van der Waals surface area contributed by atoms with Crippen molar-refractivity contribution in [2.45, 2.75) is 38.8 Å². The molecule has 1 aliphatic rings. The Kier molecular flexibility index (Phi) is 9.29. The van der Waals surface area contributed by atoms with Gasteiger partial charge in [-0.05, 0) is 30.2 Å². The van der Waals surface area contributed by atoms with Gasteiger partial charge in [-0.15, -0.1) is 0 Å². The number of aromatic nitrogens is 2. The van der Waals surface area contributed by atoms with Crippen molar-refractivity contribution >= 4 is 11.8 Å². The van der Waals surface area contributed by atoms with E-state index in [0.717, 1.165) is 11.1 Å². The van der Waals surface area contributed by atoms with Crippen molar-refractivity contribution in [3.63, 3.8) is 0 Å². The number of fused-ring (bicyclic) bond motifs is 1. The maximum absolute atomic E-state index is 13.6. The number of aliphatic hydroxyl groups is 1. The lowest BCUT2D eigenvalue weighted by Crippen LogP contribution is -2.50. The number of benzene rings is 1. The van der Waals surface area contributed by atoms with Crippen LogP contribution in [0.15, 0.2) is 67.1 Å². The van der Waals surface area contributed by atoms with Crippen LogP contribution in [0.25, 0.3) is 0 Å². The number of nitrogens with zero attached hydrogens (tertiary/aromatic N) is 4. The van der Waals surface area contributed by atoms with Crippen molar-refractivity contribution in [2.75, 3.05) is 26.7 Å². The van der Waals surface area contributed by atoms with Crippen molar-refractivity contribution in [1.82, 2.24) is 19.8 Å². The summed E-state index contributed by atoms with van der Waals surface area (Å²) in [6.45, 7) is 4.28. The molecule has 0 fully saturated rings. The van der Waals surface area contributed by atoms with Gasteiger partial charge in [0.25, 0.3) is 5.91 Å². The minimum Gasteiger partial charge on any atom is -0.472 e. The first-order valence-electron chi connectivity index (χ1n) is 13.1. The monoisotopic (exact) mass is 526 g/mol. The molecule has 0 radical (unpaired) electrons. The molecule has 3 atom stereocenters. The van der Waals surface area contributed by atoms with Gasteiger partial charge in [-0.1, -0.05) is 55.2 Å². The minimum absolute atomic E-state index is 0.0604. The first-order chi connectivity index (χ1) is 18.9. The number of hydrogen-bond donors (Lipinski definition) is 1. The zero-order chi connectivity index (χ0) is 27.8. The number of carbonyl (C=O) groups is 2. The number of carbonyl (C=O) groups excluding carboxylic acids is 2. The van der Waals surface area contributed by atoms with Crippen molar-refractivity contribution < 1.29 is 19.4 Å². The molecule has 3 heterocycles. The topological polar surface area (TPSA) is 95.9 Å². The molecular formula is C31H34N4O4. The van der Waals surface area contributed by atoms with Gasteiger partial charge in [0.05, 0.1) is 25.6 Å². The summed E-state index contributed by atoms with van der Waals surface area (Å²) >= 11 is 0. The lowest BCUT2D eigenvalue weighted by Gasteiger charge is -2.37. The Morgan fingerprint density at radius 1 is 1.21 bits per heavy atom. The molecule has 1 N–H and O–H groups in total. The van der Waals surface area contributed by atoms with Gasteiger partial charge < -0.3 is 19.6 Å². The Labute approximate surface area is 229 Å². The fourth-order valence-corrected chi connectivity index (χ4v) is 4.42. The van der Waals surface area contributed by atoms with E-state index in [2.05, 4.69) is 21.8 Å². The Balaban J connectivity index is 1.57. The molecule has 8 heteroatoms. The number of likely N-dealkylation sites (N-methyl/N-ethyl adjacent to an activating group) is 1. The van der Waals surface area contributed by atoms with Crippen LogP contribution in [-0.4, -0.2) is 75.6 Å². The van der Waals surface area contributed by atoms with Gasteiger partial charge in [-0.25, -0.2) is 4.98 Å². The number of rotatable bonds is 7. The second-order valence-corrected chi connectivity index (χ2v) is 9.98. The quantitative estimate of drug-likeness (QED) is 0.476.